The van der Waals surface area contributed by atoms with Crippen molar-refractivity contribution < 1.29 is 9.18 Å². The molecular weight excluding hydrogens is 437 g/mol. The van der Waals surface area contributed by atoms with Gasteiger partial charge in [0.15, 0.2) is 5.82 Å². The summed E-state index contributed by atoms with van der Waals surface area (Å²) in [6.45, 7) is 4.04. The van der Waals surface area contributed by atoms with Crippen LogP contribution in [-0.4, -0.2) is 26.0 Å². The first-order valence-corrected chi connectivity index (χ1v) is 11.5. The van der Waals surface area contributed by atoms with Gasteiger partial charge in [-0.25, -0.2) is 9.07 Å². The molecule has 1 aliphatic rings. The number of aromatic nitrogens is 3. The smallest absolute Gasteiger partial charge is 0.240 e. The Hall–Kier alpha value is -3.65. The third-order valence-corrected chi connectivity index (χ3v) is 6.95. The third kappa shape index (κ3) is 4.21. The maximum Gasteiger partial charge on any atom is 0.240 e. The fourth-order valence-electron chi connectivity index (χ4n) is 3.78. The van der Waals surface area contributed by atoms with Crippen LogP contribution in [0, 0.1) is 19.7 Å². The minimum Gasteiger partial charge on any atom is -0.325 e. The van der Waals surface area contributed by atoms with Crippen LogP contribution >= 0.6 is 11.8 Å². The molecule has 2 atom stereocenters. The van der Waals surface area contributed by atoms with Crippen molar-refractivity contribution in [3.8, 4) is 11.4 Å². The molecule has 1 aromatic heterocycles. The Morgan fingerprint density at radius 2 is 1.76 bits per heavy atom. The van der Waals surface area contributed by atoms with Crippen molar-refractivity contribution in [3.05, 3.63) is 95.3 Å². The van der Waals surface area contributed by atoms with Gasteiger partial charge in [0.05, 0.1) is 6.04 Å². The van der Waals surface area contributed by atoms with Crippen LogP contribution < -0.4 is 10.7 Å². The first kappa shape index (κ1) is 21.2. The van der Waals surface area contributed by atoms with Crippen LogP contribution in [0.3, 0.4) is 0 Å². The lowest BCUT2D eigenvalue weighted by atomic mass is 10.0. The van der Waals surface area contributed by atoms with Crippen LogP contribution in [-0.2, 0) is 4.79 Å². The summed E-state index contributed by atoms with van der Waals surface area (Å²) in [4.78, 5) is 13.4. The molecule has 3 aromatic carbocycles. The number of hydrogen-bond donors (Lipinski definition) is 2. The molecule has 0 saturated heterocycles. The molecular formula is C25H22FN5OS. The van der Waals surface area contributed by atoms with Crippen molar-refractivity contribution in [3.63, 3.8) is 0 Å². The summed E-state index contributed by atoms with van der Waals surface area (Å²) in [5, 5.41) is 11.7. The van der Waals surface area contributed by atoms with E-state index < -0.39 is 11.3 Å². The van der Waals surface area contributed by atoms with Crippen LogP contribution in [0.2, 0.25) is 0 Å². The van der Waals surface area contributed by atoms with Gasteiger partial charge in [-0.2, -0.15) is 0 Å². The van der Waals surface area contributed by atoms with Gasteiger partial charge in [0.1, 0.15) is 11.1 Å². The van der Waals surface area contributed by atoms with Gasteiger partial charge in [0, 0.05) is 11.3 Å². The number of hydrogen-bond acceptors (Lipinski definition) is 5. The highest BCUT2D eigenvalue weighted by atomic mass is 32.2. The zero-order valence-electron chi connectivity index (χ0n) is 18.1. The average molecular weight is 460 g/mol. The quantitative estimate of drug-likeness (QED) is 0.444. The van der Waals surface area contributed by atoms with Crippen molar-refractivity contribution in [1.82, 2.24) is 14.9 Å². The SMILES string of the molecule is Cc1ccc(NC(=O)[C@@H]2Sc3nnc(-c4ccccc4)n3N[C@@H]2c2ccc(F)cc2)cc1C. The number of nitrogens with zero attached hydrogens (tertiary/aromatic N) is 3. The molecule has 166 valence electrons. The Balaban J connectivity index is 1.50. The maximum absolute atomic E-state index is 13.6. The van der Waals surface area contributed by atoms with E-state index in [2.05, 4.69) is 20.9 Å². The van der Waals surface area contributed by atoms with Gasteiger partial charge >= 0.3 is 0 Å². The van der Waals surface area contributed by atoms with Gasteiger partial charge in [-0.1, -0.05) is 60.3 Å². The van der Waals surface area contributed by atoms with Gasteiger partial charge < -0.3 is 10.7 Å². The number of benzene rings is 3. The number of carbonyl (C=O) groups is 1. The van der Waals surface area contributed by atoms with E-state index in [4.69, 9.17) is 0 Å². The average Bonchev–Trinajstić information content (AvgIpc) is 3.25. The zero-order chi connectivity index (χ0) is 22.9. The van der Waals surface area contributed by atoms with Crippen LogP contribution in [0.4, 0.5) is 10.1 Å². The number of carbonyl (C=O) groups excluding carboxylic acids is 1. The number of halogens is 1. The summed E-state index contributed by atoms with van der Waals surface area (Å²) in [6, 6.07) is 21.3. The second-order valence-electron chi connectivity index (χ2n) is 7.99. The molecule has 0 spiro atoms. The van der Waals surface area contributed by atoms with Gasteiger partial charge in [-0.15, -0.1) is 10.2 Å². The summed E-state index contributed by atoms with van der Waals surface area (Å²) in [7, 11) is 0. The molecule has 0 radical (unpaired) electrons. The molecule has 33 heavy (non-hydrogen) atoms. The molecule has 5 rings (SSSR count). The van der Waals surface area contributed by atoms with Crippen molar-refractivity contribution in [1.29, 1.82) is 0 Å². The summed E-state index contributed by atoms with van der Waals surface area (Å²) in [6.07, 6.45) is 0. The predicted molar refractivity (Wildman–Crippen MR) is 128 cm³/mol. The third-order valence-electron chi connectivity index (χ3n) is 5.73. The molecule has 0 fully saturated rings. The van der Waals surface area contributed by atoms with Crippen LogP contribution in [0.1, 0.15) is 22.7 Å². The summed E-state index contributed by atoms with van der Waals surface area (Å²) in [5.41, 5.74) is 8.10. The van der Waals surface area contributed by atoms with E-state index in [1.54, 1.807) is 16.8 Å². The molecule has 1 amide bonds. The molecule has 2 heterocycles. The standard InChI is InChI=1S/C25H22FN5OS/c1-15-8-13-20(14-16(15)2)27-24(32)22-21(17-9-11-19(26)12-10-17)30-31-23(28-29-25(31)33-22)18-6-4-3-5-7-18/h3-14,21-22,30H,1-2H3,(H,27,32)/t21-,22-/m1/s1. The van der Waals surface area contributed by atoms with Crippen molar-refractivity contribution in [2.75, 3.05) is 10.7 Å². The van der Waals surface area contributed by atoms with Gasteiger partial charge in [-0.3, -0.25) is 4.79 Å². The minimum absolute atomic E-state index is 0.166. The maximum atomic E-state index is 13.6. The van der Waals surface area contributed by atoms with Gasteiger partial charge in [-0.05, 0) is 54.8 Å². The molecule has 0 aliphatic carbocycles. The lowest BCUT2D eigenvalue weighted by Crippen LogP contribution is -2.41. The Labute approximate surface area is 195 Å². The van der Waals surface area contributed by atoms with Crippen molar-refractivity contribution in [2.24, 2.45) is 0 Å². The molecule has 8 heteroatoms. The first-order valence-electron chi connectivity index (χ1n) is 10.6. The number of nitrogens with one attached hydrogen (secondary N) is 2. The van der Waals surface area contributed by atoms with E-state index in [-0.39, 0.29) is 11.7 Å². The van der Waals surface area contributed by atoms with E-state index >= 15 is 0 Å². The molecule has 0 unspecified atom stereocenters. The zero-order valence-corrected chi connectivity index (χ0v) is 18.9. The number of amides is 1. The largest absolute Gasteiger partial charge is 0.325 e. The second kappa shape index (κ2) is 8.71. The number of anilines is 1. The highest BCUT2D eigenvalue weighted by Gasteiger charge is 2.38. The van der Waals surface area contributed by atoms with Crippen molar-refractivity contribution in [2.45, 2.75) is 30.3 Å². The van der Waals surface area contributed by atoms with Gasteiger partial charge in [0.25, 0.3) is 0 Å². The molecule has 2 N–H and O–H groups in total. The molecule has 4 aromatic rings. The normalized spacial score (nSPS) is 17.2. The minimum atomic E-state index is -0.544. The van der Waals surface area contributed by atoms with E-state index in [1.165, 1.54) is 23.9 Å². The van der Waals surface area contributed by atoms with E-state index in [0.717, 1.165) is 27.9 Å². The monoisotopic (exact) mass is 459 g/mol. The number of thioether (sulfide) groups is 1. The van der Waals surface area contributed by atoms with Crippen LogP contribution in [0.15, 0.2) is 78.0 Å². The molecule has 1 aliphatic heterocycles. The lowest BCUT2D eigenvalue weighted by Gasteiger charge is -2.33. The summed E-state index contributed by atoms with van der Waals surface area (Å²) in [5.74, 6) is 0.159. The van der Waals surface area contributed by atoms with E-state index in [1.807, 2.05) is 62.4 Å². The Kier molecular flexibility index (Phi) is 5.60. The van der Waals surface area contributed by atoms with E-state index in [0.29, 0.717) is 11.0 Å². The van der Waals surface area contributed by atoms with Gasteiger partial charge in [0.2, 0.25) is 11.1 Å². The van der Waals surface area contributed by atoms with Crippen molar-refractivity contribution >= 4 is 23.4 Å². The Morgan fingerprint density at radius 3 is 2.48 bits per heavy atom. The number of fused-ring (bicyclic) bond motifs is 1. The summed E-state index contributed by atoms with van der Waals surface area (Å²) >= 11 is 1.34. The first-order chi connectivity index (χ1) is 16.0. The highest BCUT2D eigenvalue weighted by Crippen LogP contribution is 2.39. The number of aryl methyl sites for hydroxylation is 2. The molecule has 0 bridgehead atoms. The topological polar surface area (TPSA) is 71.8 Å². The lowest BCUT2D eigenvalue weighted by molar-refractivity contribution is -0.116. The fraction of sp³-hybridized carbons (Fsp3) is 0.160. The fourth-order valence-corrected chi connectivity index (χ4v) is 4.86. The van der Waals surface area contributed by atoms with Crippen LogP contribution in [0.5, 0.6) is 0 Å². The Morgan fingerprint density at radius 1 is 1.00 bits per heavy atom. The predicted octanol–water partition coefficient (Wildman–Crippen LogP) is 5.10. The highest BCUT2D eigenvalue weighted by molar-refractivity contribution is 8.00. The molecule has 6 nitrogen and oxygen atoms in total. The summed E-state index contributed by atoms with van der Waals surface area (Å²) < 4.78 is 15.4. The molecule has 0 saturated carbocycles. The Bertz CT molecular complexity index is 1310. The van der Waals surface area contributed by atoms with Crippen LogP contribution in [0.25, 0.3) is 11.4 Å². The second-order valence-corrected chi connectivity index (χ2v) is 9.10. The van der Waals surface area contributed by atoms with E-state index in [9.17, 15) is 9.18 Å². The number of rotatable bonds is 4.